The zero-order chi connectivity index (χ0) is 16.4. The molecule has 0 unspecified atom stereocenters. The molecule has 4 rings (SSSR count). The summed E-state index contributed by atoms with van der Waals surface area (Å²) in [6, 6.07) is 5.97. The highest BCUT2D eigenvalue weighted by Crippen LogP contribution is 2.25. The van der Waals surface area contributed by atoms with E-state index in [1.54, 1.807) is 12.4 Å². The van der Waals surface area contributed by atoms with E-state index < -0.39 is 0 Å². The van der Waals surface area contributed by atoms with Crippen LogP contribution in [0, 0.1) is 0 Å². The van der Waals surface area contributed by atoms with Crippen LogP contribution in [0.4, 0.5) is 5.82 Å². The third-order valence-electron chi connectivity index (χ3n) is 4.31. The van der Waals surface area contributed by atoms with Gasteiger partial charge < -0.3 is 9.42 Å². The van der Waals surface area contributed by atoms with Crippen LogP contribution in [0.5, 0.6) is 0 Å². The maximum Gasteiger partial charge on any atom is 0.259 e. The Balaban J connectivity index is 1.63. The van der Waals surface area contributed by atoms with Crippen LogP contribution in [0.1, 0.15) is 25.3 Å². The van der Waals surface area contributed by atoms with Gasteiger partial charge in [0.05, 0.1) is 5.56 Å². The highest BCUT2D eigenvalue weighted by molar-refractivity contribution is 5.62. The fourth-order valence-electron chi connectivity index (χ4n) is 2.93. The molecule has 0 atom stereocenters. The molecule has 122 valence electrons. The summed E-state index contributed by atoms with van der Waals surface area (Å²) in [7, 11) is 0. The van der Waals surface area contributed by atoms with E-state index in [2.05, 4.69) is 31.9 Å². The Labute approximate surface area is 140 Å². The zero-order valence-corrected chi connectivity index (χ0v) is 13.6. The van der Waals surface area contributed by atoms with Crippen LogP contribution in [0.25, 0.3) is 22.8 Å². The fraction of sp³-hybridized carbons (Fsp3) is 0.333. The van der Waals surface area contributed by atoms with Crippen LogP contribution in [-0.2, 0) is 6.42 Å². The zero-order valence-electron chi connectivity index (χ0n) is 13.6. The van der Waals surface area contributed by atoms with Gasteiger partial charge in [0.25, 0.3) is 5.89 Å². The molecule has 1 saturated heterocycles. The lowest BCUT2D eigenvalue weighted by molar-refractivity contribution is 0.432. The minimum absolute atomic E-state index is 0.493. The Bertz CT molecular complexity index is 839. The highest BCUT2D eigenvalue weighted by Gasteiger charge is 2.16. The average Bonchev–Trinajstić information content (AvgIpc) is 3.34. The van der Waals surface area contributed by atoms with Crippen LogP contribution in [-0.4, -0.2) is 33.2 Å². The molecule has 0 aromatic carbocycles. The summed E-state index contributed by atoms with van der Waals surface area (Å²) < 4.78 is 5.43. The maximum atomic E-state index is 5.43. The number of rotatable bonds is 4. The minimum Gasteiger partial charge on any atom is -0.357 e. The summed E-state index contributed by atoms with van der Waals surface area (Å²) >= 11 is 0. The molecule has 6 nitrogen and oxygen atoms in total. The molecule has 0 bridgehead atoms. The molecule has 24 heavy (non-hydrogen) atoms. The van der Waals surface area contributed by atoms with Gasteiger partial charge in [-0.05, 0) is 43.0 Å². The lowest BCUT2D eigenvalue weighted by Crippen LogP contribution is -2.18. The molecule has 4 heterocycles. The van der Waals surface area contributed by atoms with Gasteiger partial charge in [-0.3, -0.25) is 4.98 Å². The van der Waals surface area contributed by atoms with Crippen molar-refractivity contribution in [2.75, 3.05) is 18.0 Å². The van der Waals surface area contributed by atoms with Gasteiger partial charge in [0.1, 0.15) is 5.82 Å². The van der Waals surface area contributed by atoms with Crippen molar-refractivity contribution in [3.8, 4) is 22.8 Å². The van der Waals surface area contributed by atoms with Crippen LogP contribution in [0.3, 0.4) is 0 Å². The molecule has 6 heteroatoms. The van der Waals surface area contributed by atoms with E-state index >= 15 is 0 Å². The smallest absolute Gasteiger partial charge is 0.259 e. The quantitative estimate of drug-likeness (QED) is 0.734. The molecule has 1 aliphatic rings. The van der Waals surface area contributed by atoms with E-state index in [9.17, 15) is 0 Å². The molecule has 1 fully saturated rings. The Hall–Kier alpha value is -2.76. The minimum atomic E-state index is 0.493. The number of pyridine rings is 2. The summed E-state index contributed by atoms with van der Waals surface area (Å²) in [5, 5.41) is 4.13. The second-order valence-electron chi connectivity index (χ2n) is 5.96. The molecule has 0 saturated carbocycles. The van der Waals surface area contributed by atoms with Crippen LogP contribution in [0.15, 0.2) is 41.3 Å². The third kappa shape index (κ3) is 2.87. The molecular formula is C18H19N5O. The van der Waals surface area contributed by atoms with Crippen molar-refractivity contribution in [1.29, 1.82) is 0 Å². The van der Waals surface area contributed by atoms with Gasteiger partial charge in [0.15, 0.2) is 0 Å². The average molecular weight is 321 g/mol. The maximum absolute atomic E-state index is 5.43. The first kappa shape index (κ1) is 14.8. The number of hydrogen-bond acceptors (Lipinski definition) is 6. The molecule has 0 amide bonds. The summed E-state index contributed by atoms with van der Waals surface area (Å²) in [5.74, 6) is 2.05. The highest BCUT2D eigenvalue weighted by atomic mass is 16.5. The summed E-state index contributed by atoms with van der Waals surface area (Å²) in [6.45, 7) is 4.21. The van der Waals surface area contributed by atoms with Crippen molar-refractivity contribution in [2.45, 2.75) is 26.2 Å². The first-order valence-corrected chi connectivity index (χ1v) is 8.33. The number of aromatic nitrogens is 4. The number of aryl methyl sites for hydroxylation is 1. The Morgan fingerprint density at radius 2 is 2.00 bits per heavy atom. The van der Waals surface area contributed by atoms with E-state index in [0.29, 0.717) is 11.7 Å². The second kappa shape index (κ2) is 6.39. The van der Waals surface area contributed by atoms with E-state index in [4.69, 9.17) is 4.52 Å². The molecule has 3 aromatic heterocycles. The van der Waals surface area contributed by atoms with E-state index in [-0.39, 0.29) is 0 Å². The van der Waals surface area contributed by atoms with Crippen LogP contribution in [0.2, 0.25) is 0 Å². The van der Waals surface area contributed by atoms with E-state index in [0.717, 1.165) is 42.0 Å². The van der Waals surface area contributed by atoms with Crippen LogP contribution >= 0.6 is 0 Å². The van der Waals surface area contributed by atoms with Gasteiger partial charge in [-0.1, -0.05) is 12.1 Å². The van der Waals surface area contributed by atoms with Crippen molar-refractivity contribution in [3.05, 3.63) is 42.4 Å². The molecule has 1 aliphatic heterocycles. The predicted molar refractivity (Wildman–Crippen MR) is 91.6 cm³/mol. The molecule has 0 N–H and O–H groups in total. The Morgan fingerprint density at radius 3 is 2.83 bits per heavy atom. The van der Waals surface area contributed by atoms with Gasteiger partial charge in [0, 0.05) is 37.2 Å². The number of anilines is 1. The normalized spacial score (nSPS) is 14.3. The third-order valence-corrected chi connectivity index (χ3v) is 4.31. The molecule has 0 aliphatic carbocycles. The summed E-state index contributed by atoms with van der Waals surface area (Å²) in [5.41, 5.74) is 2.91. The molecular weight excluding hydrogens is 302 g/mol. The first-order valence-electron chi connectivity index (χ1n) is 8.33. The van der Waals surface area contributed by atoms with Gasteiger partial charge in [-0.2, -0.15) is 4.98 Å². The van der Waals surface area contributed by atoms with Gasteiger partial charge in [-0.25, -0.2) is 4.98 Å². The summed E-state index contributed by atoms with van der Waals surface area (Å²) in [6.07, 6.45) is 8.77. The molecule has 3 aromatic rings. The number of nitrogens with zero attached hydrogens (tertiary/aromatic N) is 5. The van der Waals surface area contributed by atoms with Crippen molar-refractivity contribution >= 4 is 5.82 Å². The standard InChI is InChI=1S/C18H19N5O/c1-2-13-9-15(12-19-11-13)18-21-17(22-24-18)14-5-6-20-16(10-14)23-7-3-4-8-23/h5-6,9-12H,2-4,7-8H2,1H3. The molecule has 0 radical (unpaired) electrons. The lowest BCUT2D eigenvalue weighted by Gasteiger charge is -2.16. The second-order valence-corrected chi connectivity index (χ2v) is 5.96. The predicted octanol–water partition coefficient (Wildman–Crippen LogP) is 3.36. The van der Waals surface area contributed by atoms with Crippen molar-refractivity contribution in [2.24, 2.45) is 0 Å². The van der Waals surface area contributed by atoms with Crippen molar-refractivity contribution in [3.63, 3.8) is 0 Å². The van der Waals surface area contributed by atoms with Crippen molar-refractivity contribution in [1.82, 2.24) is 20.1 Å². The lowest BCUT2D eigenvalue weighted by atomic mass is 10.1. The van der Waals surface area contributed by atoms with Crippen LogP contribution < -0.4 is 4.90 Å². The van der Waals surface area contributed by atoms with Gasteiger partial charge >= 0.3 is 0 Å². The monoisotopic (exact) mass is 321 g/mol. The topological polar surface area (TPSA) is 67.9 Å². The fourth-order valence-corrected chi connectivity index (χ4v) is 2.93. The molecule has 0 spiro atoms. The van der Waals surface area contributed by atoms with Crippen molar-refractivity contribution < 1.29 is 4.52 Å². The van der Waals surface area contributed by atoms with Gasteiger partial charge in [0.2, 0.25) is 5.82 Å². The van der Waals surface area contributed by atoms with E-state index in [1.807, 2.05) is 24.4 Å². The first-order chi connectivity index (χ1) is 11.8. The largest absolute Gasteiger partial charge is 0.357 e. The SMILES string of the molecule is CCc1cncc(-c2nc(-c3ccnc(N4CCCC4)c3)no2)c1. The van der Waals surface area contributed by atoms with Gasteiger partial charge in [-0.15, -0.1) is 0 Å². The summed E-state index contributed by atoms with van der Waals surface area (Å²) in [4.78, 5) is 15.5. The van der Waals surface area contributed by atoms with E-state index in [1.165, 1.54) is 12.8 Å². The number of hydrogen-bond donors (Lipinski definition) is 0. The Kier molecular flexibility index (Phi) is 3.94. The Morgan fingerprint density at radius 1 is 1.12 bits per heavy atom.